The van der Waals surface area contributed by atoms with Gasteiger partial charge in [0.1, 0.15) is 11.3 Å². The highest BCUT2D eigenvalue weighted by atomic mass is 19.1. The van der Waals surface area contributed by atoms with Crippen LogP contribution in [-0.2, 0) is 4.74 Å². The van der Waals surface area contributed by atoms with Crippen LogP contribution in [0.3, 0.4) is 0 Å². The number of hydrogen-bond acceptors (Lipinski definition) is 6. The number of halogens is 1. The number of carbonyl (C=O) groups excluding carboxylic acids is 1. The van der Waals surface area contributed by atoms with Gasteiger partial charge in [0.15, 0.2) is 11.5 Å². The molecule has 4 aromatic rings. The van der Waals surface area contributed by atoms with Crippen LogP contribution in [0.5, 0.6) is 0 Å². The molecule has 0 atom stereocenters. The van der Waals surface area contributed by atoms with Crippen molar-refractivity contribution in [2.75, 3.05) is 5.01 Å². The van der Waals surface area contributed by atoms with Gasteiger partial charge in [-0.1, -0.05) is 18.2 Å². The molecule has 0 fully saturated rings. The standard InChI is InChI=1S/C25H25FN6O3/c1-16-15-30(20-11-10-18(14-19(20)26)31(27)24(34)35-25(2,3)4)29-22(23(16)33)21-12-13-28-32(21)17-8-6-5-7-9-17/h5-15H,27H2,1-4H3. The molecule has 35 heavy (non-hydrogen) atoms. The molecule has 2 N–H and O–H groups in total. The number of nitrogens with zero attached hydrogens (tertiary/aromatic N) is 5. The Balaban J connectivity index is 1.74. The Labute approximate surface area is 201 Å². The summed E-state index contributed by atoms with van der Waals surface area (Å²) in [5.74, 6) is 5.13. The summed E-state index contributed by atoms with van der Waals surface area (Å²) in [5, 5.41) is 9.46. The van der Waals surface area contributed by atoms with Crippen molar-refractivity contribution in [3.8, 4) is 22.8 Å². The van der Waals surface area contributed by atoms with Crippen molar-refractivity contribution >= 4 is 11.8 Å². The van der Waals surface area contributed by atoms with Crippen molar-refractivity contribution in [2.45, 2.75) is 33.3 Å². The van der Waals surface area contributed by atoms with E-state index < -0.39 is 17.5 Å². The maximum absolute atomic E-state index is 15.2. The van der Waals surface area contributed by atoms with Crippen molar-refractivity contribution in [1.82, 2.24) is 19.6 Å². The molecule has 9 nitrogen and oxygen atoms in total. The Kier molecular flexibility index (Phi) is 6.23. The Bertz CT molecular complexity index is 1440. The molecule has 0 saturated carbocycles. The topological polar surface area (TPSA) is 108 Å². The molecule has 2 aromatic carbocycles. The van der Waals surface area contributed by atoms with E-state index in [0.29, 0.717) is 11.3 Å². The molecular formula is C25H25FN6O3. The largest absolute Gasteiger partial charge is 0.442 e. The third-order valence-electron chi connectivity index (χ3n) is 5.03. The minimum absolute atomic E-state index is 0.0708. The van der Waals surface area contributed by atoms with Crippen LogP contribution in [0, 0.1) is 12.7 Å². The van der Waals surface area contributed by atoms with Gasteiger partial charge in [0, 0.05) is 17.8 Å². The molecule has 1 amide bonds. The summed E-state index contributed by atoms with van der Waals surface area (Å²) in [6, 6.07) is 15.0. The molecule has 0 bridgehead atoms. The van der Waals surface area contributed by atoms with Crippen LogP contribution >= 0.6 is 0 Å². The Morgan fingerprint density at radius 2 is 1.83 bits per heavy atom. The van der Waals surface area contributed by atoms with E-state index in [9.17, 15) is 9.59 Å². The monoisotopic (exact) mass is 476 g/mol. The summed E-state index contributed by atoms with van der Waals surface area (Å²) in [6.45, 7) is 6.74. The summed E-state index contributed by atoms with van der Waals surface area (Å²) >= 11 is 0. The molecule has 180 valence electrons. The van der Waals surface area contributed by atoms with Gasteiger partial charge in [-0.15, -0.1) is 0 Å². The lowest BCUT2D eigenvalue weighted by molar-refractivity contribution is 0.0580. The maximum atomic E-state index is 15.2. The van der Waals surface area contributed by atoms with Gasteiger partial charge in [0.2, 0.25) is 5.43 Å². The fourth-order valence-electron chi connectivity index (χ4n) is 3.41. The van der Waals surface area contributed by atoms with E-state index in [1.54, 1.807) is 44.6 Å². The van der Waals surface area contributed by atoms with Gasteiger partial charge in [-0.2, -0.15) is 10.2 Å². The van der Waals surface area contributed by atoms with Crippen molar-refractivity contribution in [3.05, 3.63) is 88.6 Å². The Hall–Kier alpha value is -4.31. The zero-order chi connectivity index (χ0) is 25.3. The number of aromatic nitrogens is 4. The second kappa shape index (κ2) is 9.15. The molecule has 0 aliphatic carbocycles. The van der Waals surface area contributed by atoms with Crippen LogP contribution in [0.2, 0.25) is 0 Å². The van der Waals surface area contributed by atoms with Gasteiger partial charge in [-0.25, -0.2) is 29.4 Å². The molecule has 0 aliphatic rings. The van der Waals surface area contributed by atoms with Crippen LogP contribution in [0.1, 0.15) is 26.3 Å². The van der Waals surface area contributed by atoms with Crippen molar-refractivity contribution in [3.63, 3.8) is 0 Å². The van der Waals surface area contributed by atoms with Crippen molar-refractivity contribution in [2.24, 2.45) is 5.84 Å². The molecule has 0 radical (unpaired) electrons. The molecule has 0 saturated heterocycles. The highest BCUT2D eigenvalue weighted by Crippen LogP contribution is 2.23. The first-order valence-corrected chi connectivity index (χ1v) is 10.8. The quantitative estimate of drug-likeness (QED) is 0.269. The highest BCUT2D eigenvalue weighted by Gasteiger charge is 2.23. The zero-order valence-corrected chi connectivity index (χ0v) is 19.8. The van der Waals surface area contributed by atoms with Gasteiger partial charge >= 0.3 is 6.09 Å². The van der Waals surface area contributed by atoms with Gasteiger partial charge in [0.05, 0.1) is 23.3 Å². The first-order valence-electron chi connectivity index (χ1n) is 10.8. The molecule has 0 aliphatic heterocycles. The van der Waals surface area contributed by atoms with Crippen LogP contribution in [-0.4, -0.2) is 31.3 Å². The first-order chi connectivity index (χ1) is 16.5. The molecule has 2 aromatic heterocycles. The number of rotatable bonds is 4. The number of benzene rings is 2. The summed E-state index contributed by atoms with van der Waals surface area (Å²) in [7, 11) is 0. The number of anilines is 1. The predicted molar refractivity (Wildman–Crippen MR) is 130 cm³/mol. The SMILES string of the molecule is Cc1cn(-c2ccc(N(N)C(=O)OC(C)(C)C)cc2F)nc(-c2ccnn2-c2ccccc2)c1=O. The van der Waals surface area contributed by atoms with E-state index in [-0.39, 0.29) is 22.5 Å². The molecule has 10 heteroatoms. The van der Waals surface area contributed by atoms with Gasteiger partial charge in [-0.3, -0.25) is 4.79 Å². The second-order valence-corrected chi connectivity index (χ2v) is 8.88. The lowest BCUT2D eigenvalue weighted by Gasteiger charge is -2.24. The van der Waals surface area contributed by atoms with Crippen LogP contribution in [0.4, 0.5) is 14.9 Å². The smallest absolute Gasteiger partial charge is 0.429 e. The number of para-hydroxylation sites is 1. The first kappa shape index (κ1) is 23.8. The molecule has 2 heterocycles. The van der Waals surface area contributed by atoms with Gasteiger partial charge in [0.25, 0.3) is 0 Å². The second-order valence-electron chi connectivity index (χ2n) is 8.88. The molecule has 0 spiro atoms. The van der Waals surface area contributed by atoms with E-state index in [1.807, 2.05) is 30.3 Å². The molecule has 0 unspecified atom stereocenters. The fourth-order valence-corrected chi connectivity index (χ4v) is 3.41. The lowest BCUT2D eigenvalue weighted by Crippen LogP contribution is -2.41. The zero-order valence-electron chi connectivity index (χ0n) is 19.8. The number of hydrazine groups is 1. The average Bonchev–Trinajstić information content (AvgIpc) is 3.29. The summed E-state index contributed by atoms with van der Waals surface area (Å²) in [5.41, 5.74) is 0.817. The van der Waals surface area contributed by atoms with Gasteiger partial charge in [-0.05, 0) is 58.0 Å². The number of ether oxygens (including phenoxy) is 1. The maximum Gasteiger partial charge on any atom is 0.429 e. The number of amides is 1. The minimum atomic E-state index is -0.821. The van der Waals surface area contributed by atoms with E-state index >= 15 is 4.39 Å². The number of carbonyl (C=O) groups is 1. The minimum Gasteiger partial charge on any atom is -0.442 e. The van der Waals surface area contributed by atoms with E-state index in [2.05, 4.69) is 10.2 Å². The Morgan fingerprint density at radius 1 is 1.11 bits per heavy atom. The Morgan fingerprint density at radius 3 is 2.49 bits per heavy atom. The van der Waals surface area contributed by atoms with Crippen molar-refractivity contribution < 1.29 is 13.9 Å². The van der Waals surface area contributed by atoms with Crippen LogP contribution < -0.4 is 16.3 Å². The van der Waals surface area contributed by atoms with Crippen molar-refractivity contribution in [1.29, 1.82) is 0 Å². The number of aryl methyl sites for hydroxylation is 1. The van der Waals surface area contributed by atoms with Crippen LogP contribution in [0.15, 0.2) is 71.8 Å². The van der Waals surface area contributed by atoms with E-state index in [0.717, 1.165) is 16.8 Å². The van der Waals surface area contributed by atoms with Gasteiger partial charge < -0.3 is 4.74 Å². The average molecular weight is 477 g/mol. The third kappa shape index (κ3) is 4.97. The lowest BCUT2D eigenvalue weighted by atomic mass is 10.2. The number of hydrogen-bond donors (Lipinski definition) is 1. The van der Waals surface area contributed by atoms with E-state index in [1.165, 1.54) is 23.0 Å². The third-order valence-corrected chi connectivity index (χ3v) is 5.03. The summed E-state index contributed by atoms with van der Waals surface area (Å²) < 4.78 is 23.3. The molecule has 4 rings (SSSR count). The highest BCUT2D eigenvalue weighted by molar-refractivity contribution is 5.86. The fraction of sp³-hybridized carbons (Fsp3) is 0.200. The molecular weight excluding hydrogens is 451 g/mol. The summed E-state index contributed by atoms with van der Waals surface area (Å²) in [4.78, 5) is 25.2. The number of nitrogens with two attached hydrogens (primary N) is 1. The van der Waals surface area contributed by atoms with E-state index in [4.69, 9.17) is 10.6 Å². The predicted octanol–water partition coefficient (Wildman–Crippen LogP) is 4.15. The normalized spacial score (nSPS) is 11.4. The van der Waals surface area contributed by atoms with Crippen LogP contribution in [0.25, 0.3) is 22.8 Å². The summed E-state index contributed by atoms with van der Waals surface area (Å²) in [6.07, 6.45) is 2.19.